The number of sulfonamides is 1. The molecule has 1 aliphatic rings. The zero-order valence-corrected chi connectivity index (χ0v) is 18.9. The third-order valence-corrected chi connectivity index (χ3v) is 7.27. The second-order valence-electron chi connectivity index (χ2n) is 7.59. The normalized spacial score (nSPS) is 15.9. The van der Waals surface area contributed by atoms with Crippen molar-refractivity contribution in [1.82, 2.24) is 13.8 Å². The summed E-state index contributed by atoms with van der Waals surface area (Å²) in [5.41, 5.74) is 3.45. The number of carbonyl (C=O) groups excluding carboxylic acids is 1. The molecule has 2 heterocycles. The molecule has 3 rings (SSSR count). The molecule has 0 unspecified atom stereocenters. The van der Waals surface area contributed by atoms with Gasteiger partial charge in [0.25, 0.3) is 5.91 Å². The van der Waals surface area contributed by atoms with E-state index in [1.807, 2.05) is 60.6 Å². The van der Waals surface area contributed by atoms with E-state index in [9.17, 15) is 13.2 Å². The van der Waals surface area contributed by atoms with Gasteiger partial charge >= 0.3 is 0 Å². The maximum Gasteiger partial charge on any atom is 0.255 e. The van der Waals surface area contributed by atoms with Crippen LogP contribution >= 0.6 is 11.6 Å². The minimum Gasteiger partial charge on any atom is -0.338 e. The molecule has 8 heteroatoms. The molecule has 6 nitrogen and oxygen atoms in total. The number of aryl methyl sites for hydroxylation is 1. The van der Waals surface area contributed by atoms with Gasteiger partial charge in [-0.3, -0.25) is 4.79 Å². The lowest BCUT2D eigenvalue weighted by molar-refractivity contribution is 0.0680. The largest absolute Gasteiger partial charge is 0.338 e. The molecule has 0 N–H and O–H groups in total. The lowest BCUT2D eigenvalue weighted by Gasteiger charge is -2.36. The third-order valence-electron chi connectivity index (χ3n) is 5.62. The first kappa shape index (κ1) is 21.9. The number of nitrogens with zero attached hydrogens (tertiary/aromatic N) is 3. The average Bonchev–Trinajstić information content (AvgIpc) is 2.95. The van der Waals surface area contributed by atoms with Crippen molar-refractivity contribution in [3.63, 3.8) is 0 Å². The fourth-order valence-corrected chi connectivity index (χ4v) is 5.69. The molecule has 0 atom stereocenters. The third kappa shape index (κ3) is 4.52. The average molecular weight is 438 g/mol. The van der Waals surface area contributed by atoms with Crippen molar-refractivity contribution in [2.75, 3.05) is 25.9 Å². The van der Waals surface area contributed by atoms with E-state index >= 15 is 0 Å². The van der Waals surface area contributed by atoms with Crippen LogP contribution < -0.4 is 0 Å². The predicted octanol–water partition coefficient (Wildman–Crippen LogP) is 3.63. The molecule has 1 fully saturated rings. The molecule has 1 amide bonds. The molecule has 1 saturated heterocycles. The highest BCUT2D eigenvalue weighted by Crippen LogP contribution is 2.26. The number of likely N-dealkylation sites (tertiary alicyclic amines) is 1. The van der Waals surface area contributed by atoms with E-state index in [4.69, 9.17) is 11.6 Å². The van der Waals surface area contributed by atoms with E-state index < -0.39 is 10.0 Å². The molecule has 0 aliphatic carbocycles. The standard InChI is InChI=1S/C21H28ClN3O3S/c1-5-24(29(4,27)28)18-9-11-23(12-10-18)21(26)20-13-15(2)25(16(20)3)19-8-6-7-17(22)14-19/h6-8,13-14,18H,5,9-12H2,1-4H3. The topological polar surface area (TPSA) is 62.6 Å². The van der Waals surface area contributed by atoms with Crippen molar-refractivity contribution >= 4 is 27.5 Å². The van der Waals surface area contributed by atoms with Crippen molar-refractivity contribution in [3.05, 3.63) is 52.3 Å². The van der Waals surface area contributed by atoms with E-state index in [2.05, 4.69) is 0 Å². The Labute approximate surface area is 178 Å². The summed E-state index contributed by atoms with van der Waals surface area (Å²) in [5.74, 6) is -0.00719. The summed E-state index contributed by atoms with van der Waals surface area (Å²) in [7, 11) is -3.23. The van der Waals surface area contributed by atoms with Crippen LogP contribution in [0.4, 0.5) is 0 Å². The number of aromatic nitrogens is 1. The lowest BCUT2D eigenvalue weighted by atomic mass is 10.0. The number of hydrogen-bond acceptors (Lipinski definition) is 3. The van der Waals surface area contributed by atoms with Crippen molar-refractivity contribution in [2.45, 2.75) is 39.7 Å². The molecule has 1 aromatic carbocycles. The van der Waals surface area contributed by atoms with Gasteiger partial charge in [0, 0.05) is 47.8 Å². The Balaban J connectivity index is 1.78. The maximum absolute atomic E-state index is 13.2. The van der Waals surface area contributed by atoms with Gasteiger partial charge in [0.15, 0.2) is 0 Å². The number of amides is 1. The first-order valence-corrected chi connectivity index (χ1v) is 12.1. The Morgan fingerprint density at radius 3 is 2.41 bits per heavy atom. The van der Waals surface area contributed by atoms with E-state index in [0.717, 1.165) is 17.1 Å². The predicted molar refractivity (Wildman–Crippen MR) is 116 cm³/mol. The van der Waals surface area contributed by atoms with Crippen molar-refractivity contribution < 1.29 is 13.2 Å². The SMILES string of the molecule is CCN(C1CCN(C(=O)c2cc(C)n(-c3cccc(Cl)c3)c2C)CC1)S(C)(=O)=O. The Morgan fingerprint density at radius 1 is 1.21 bits per heavy atom. The molecule has 2 aromatic rings. The van der Waals surface area contributed by atoms with Crippen LogP contribution in [0.1, 0.15) is 41.5 Å². The Bertz CT molecular complexity index is 1010. The monoisotopic (exact) mass is 437 g/mol. The summed E-state index contributed by atoms with van der Waals surface area (Å²) in [5, 5.41) is 0.649. The first-order valence-electron chi connectivity index (χ1n) is 9.84. The zero-order valence-electron chi connectivity index (χ0n) is 17.4. The van der Waals surface area contributed by atoms with Crippen molar-refractivity contribution in [3.8, 4) is 5.69 Å². The second kappa shape index (κ2) is 8.50. The summed E-state index contributed by atoms with van der Waals surface area (Å²) in [6, 6.07) is 9.44. The molecule has 0 saturated carbocycles. The Hall–Kier alpha value is -1.83. The smallest absolute Gasteiger partial charge is 0.255 e. The number of rotatable bonds is 5. The van der Waals surface area contributed by atoms with Crippen LogP contribution in [0.2, 0.25) is 5.02 Å². The van der Waals surface area contributed by atoms with Crippen LogP contribution in [0.3, 0.4) is 0 Å². The summed E-state index contributed by atoms with van der Waals surface area (Å²) < 4.78 is 27.5. The number of benzene rings is 1. The van der Waals surface area contributed by atoms with Gasteiger partial charge in [-0.25, -0.2) is 8.42 Å². The maximum atomic E-state index is 13.2. The van der Waals surface area contributed by atoms with Gasteiger partial charge in [0.2, 0.25) is 10.0 Å². The highest BCUT2D eigenvalue weighted by molar-refractivity contribution is 7.88. The molecule has 1 aliphatic heterocycles. The van der Waals surface area contributed by atoms with Gasteiger partial charge < -0.3 is 9.47 Å². The van der Waals surface area contributed by atoms with Crippen LogP contribution in [-0.2, 0) is 10.0 Å². The van der Waals surface area contributed by atoms with Crippen LogP contribution in [0.5, 0.6) is 0 Å². The minimum atomic E-state index is -3.23. The zero-order chi connectivity index (χ0) is 21.3. The molecular weight excluding hydrogens is 410 g/mol. The van der Waals surface area contributed by atoms with Crippen LogP contribution in [-0.4, -0.2) is 60.0 Å². The van der Waals surface area contributed by atoms with E-state index in [1.165, 1.54) is 6.26 Å². The van der Waals surface area contributed by atoms with Gasteiger partial charge in [-0.2, -0.15) is 4.31 Å². The van der Waals surface area contributed by atoms with Gasteiger partial charge in [-0.1, -0.05) is 24.6 Å². The fourth-order valence-electron chi connectivity index (χ4n) is 4.28. The highest BCUT2D eigenvalue weighted by atomic mass is 35.5. The van der Waals surface area contributed by atoms with Gasteiger partial charge in [-0.15, -0.1) is 0 Å². The highest BCUT2D eigenvalue weighted by Gasteiger charge is 2.31. The van der Waals surface area contributed by atoms with Crippen LogP contribution in [0.15, 0.2) is 30.3 Å². The van der Waals surface area contributed by atoms with Crippen LogP contribution in [0.25, 0.3) is 5.69 Å². The van der Waals surface area contributed by atoms with E-state index in [1.54, 1.807) is 4.31 Å². The van der Waals surface area contributed by atoms with Gasteiger partial charge in [0.05, 0.1) is 11.8 Å². The number of halogens is 1. The van der Waals surface area contributed by atoms with Crippen LogP contribution in [0, 0.1) is 13.8 Å². The lowest BCUT2D eigenvalue weighted by Crippen LogP contribution is -2.48. The summed E-state index contributed by atoms with van der Waals surface area (Å²) in [6.45, 7) is 7.33. The molecule has 29 heavy (non-hydrogen) atoms. The molecule has 0 bridgehead atoms. The first-order chi connectivity index (χ1) is 13.6. The van der Waals surface area contributed by atoms with Crippen molar-refractivity contribution in [1.29, 1.82) is 0 Å². The molecule has 1 aromatic heterocycles. The Morgan fingerprint density at radius 2 is 1.86 bits per heavy atom. The second-order valence-corrected chi connectivity index (χ2v) is 9.96. The molecule has 0 spiro atoms. The van der Waals surface area contributed by atoms with Gasteiger partial charge in [-0.05, 0) is 51.0 Å². The fraction of sp³-hybridized carbons (Fsp3) is 0.476. The number of hydrogen-bond donors (Lipinski definition) is 0. The number of carbonyl (C=O) groups is 1. The van der Waals surface area contributed by atoms with Crippen molar-refractivity contribution in [2.24, 2.45) is 0 Å². The molecule has 0 radical (unpaired) electrons. The van der Waals surface area contributed by atoms with E-state index in [0.29, 0.717) is 43.1 Å². The quantitative estimate of drug-likeness (QED) is 0.717. The Kier molecular flexibility index (Phi) is 6.41. The summed E-state index contributed by atoms with van der Waals surface area (Å²) in [6.07, 6.45) is 2.55. The van der Waals surface area contributed by atoms with E-state index in [-0.39, 0.29) is 11.9 Å². The number of piperidine rings is 1. The molecular formula is C21H28ClN3O3S. The van der Waals surface area contributed by atoms with Gasteiger partial charge in [0.1, 0.15) is 0 Å². The minimum absolute atomic E-state index is 0.00719. The molecule has 158 valence electrons. The summed E-state index contributed by atoms with van der Waals surface area (Å²) in [4.78, 5) is 15.0. The summed E-state index contributed by atoms with van der Waals surface area (Å²) >= 11 is 6.14.